The van der Waals surface area contributed by atoms with Crippen molar-refractivity contribution in [2.75, 3.05) is 6.61 Å². The van der Waals surface area contributed by atoms with Crippen molar-refractivity contribution in [3.8, 4) is 11.8 Å². The maximum Gasteiger partial charge on any atom is 0.126 e. The van der Waals surface area contributed by atoms with E-state index in [0.717, 1.165) is 0 Å². The summed E-state index contributed by atoms with van der Waals surface area (Å²) in [7, 11) is 0. The van der Waals surface area contributed by atoms with Crippen LogP contribution in [-0.2, 0) is 0 Å². The number of rotatable bonds is 3. The van der Waals surface area contributed by atoms with Crippen LogP contribution in [0.3, 0.4) is 0 Å². The van der Waals surface area contributed by atoms with Gasteiger partial charge in [0.05, 0.1) is 12.5 Å². The van der Waals surface area contributed by atoms with Crippen LogP contribution in [0.15, 0.2) is 18.2 Å². The normalized spacial score (nSPS) is 9.31. The molecule has 68 valence electrons. The van der Waals surface area contributed by atoms with Gasteiger partial charge in [0.2, 0.25) is 0 Å². The van der Waals surface area contributed by atoms with E-state index < -0.39 is 0 Å². The van der Waals surface area contributed by atoms with Crippen LogP contribution in [0.25, 0.3) is 0 Å². The number of aryl methyl sites for hydroxylation is 1. The van der Waals surface area contributed by atoms with Gasteiger partial charge in [0.15, 0.2) is 0 Å². The first-order valence-corrected chi connectivity index (χ1v) is 4.00. The standard InChI is InChI=1S/C10H10FNO/c1-8-7-9(3-4-10(8)11)13-6-2-5-12/h3-4,7H,2,6H2,1H3. The predicted octanol–water partition coefficient (Wildman–Crippen LogP) is 2.43. The van der Waals surface area contributed by atoms with Gasteiger partial charge in [0, 0.05) is 0 Å². The van der Waals surface area contributed by atoms with Crippen LogP contribution in [-0.4, -0.2) is 6.61 Å². The zero-order valence-electron chi connectivity index (χ0n) is 7.38. The fraction of sp³-hybridized carbons (Fsp3) is 0.300. The molecule has 13 heavy (non-hydrogen) atoms. The minimum atomic E-state index is -0.243. The monoisotopic (exact) mass is 179 g/mol. The van der Waals surface area contributed by atoms with Gasteiger partial charge in [0.25, 0.3) is 0 Å². The molecule has 0 atom stereocenters. The predicted molar refractivity (Wildman–Crippen MR) is 46.9 cm³/mol. The highest BCUT2D eigenvalue weighted by Gasteiger charge is 1.98. The van der Waals surface area contributed by atoms with Crippen LogP contribution >= 0.6 is 0 Å². The van der Waals surface area contributed by atoms with Crippen LogP contribution in [0.2, 0.25) is 0 Å². The molecule has 0 saturated carbocycles. The Morgan fingerprint density at radius 2 is 2.31 bits per heavy atom. The number of hydrogen-bond acceptors (Lipinski definition) is 2. The van der Waals surface area contributed by atoms with Crippen LogP contribution in [0.1, 0.15) is 12.0 Å². The highest BCUT2D eigenvalue weighted by molar-refractivity contribution is 5.28. The smallest absolute Gasteiger partial charge is 0.126 e. The molecule has 0 aliphatic carbocycles. The van der Waals surface area contributed by atoms with E-state index >= 15 is 0 Å². The van der Waals surface area contributed by atoms with E-state index in [1.807, 2.05) is 6.07 Å². The maximum absolute atomic E-state index is 12.8. The average molecular weight is 179 g/mol. The maximum atomic E-state index is 12.8. The molecular formula is C10H10FNO. The van der Waals surface area contributed by atoms with Gasteiger partial charge >= 0.3 is 0 Å². The number of benzene rings is 1. The van der Waals surface area contributed by atoms with E-state index in [0.29, 0.717) is 24.3 Å². The zero-order valence-corrected chi connectivity index (χ0v) is 7.38. The van der Waals surface area contributed by atoms with E-state index in [9.17, 15) is 4.39 Å². The first-order chi connectivity index (χ1) is 6.24. The van der Waals surface area contributed by atoms with Gasteiger partial charge in [0.1, 0.15) is 18.2 Å². The summed E-state index contributed by atoms with van der Waals surface area (Å²) in [5.41, 5.74) is 0.550. The highest BCUT2D eigenvalue weighted by Crippen LogP contribution is 2.15. The minimum absolute atomic E-state index is 0.243. The number of ether oxygens (including phenoxy) is 1. The van der Waals surface area contributed by atoms with Crippen LogP contribution in [0, 0.1) is 24.1 Å². The van der Waals surface area contributed by atoms with Gasteiger partial charge in [-0.25, -0.2) is 4.39 Å². The minimum Gasteiger partial charge on any atom is -0.493 e. The summed E-state index contributed by atoms with van der Waals surface area (Å²) in [5.74, 6) is 0.363. The van der Waals surface area contributed by atoms with E-state index in [2.05, 4.69) is 0 Å². The van der Waals surface area contributed by atoms with E-state index in [-0.39, 0.29) is 5.82 Å². The van der Waals surface area contributed by atoms with Crippen molar-refractivity contribution in [1.29, 1.82) is 5.26 Å². The van der Waals surface area contributed by atoms with E-state index in [1.54, 1.807) is 19.1 Å². The van der Waals surface area contributed by atoms with Gasteiger partial charge in [-0.2, -0.15) is 5.26 Å². The lowest BCUT2D eigenvalue weighted by atomic mass is 10.2. The molecule has 0 aromatic heterocycles. The summed E-state index contributed by atoms with van der Waals surface area (Å²) in [5, 5.41) is 8.25. The molecule has 0 N–H and O–H groups in total. The van der Waals surface area contributed by atoms with Gasteiger partial charge in [-0.05, 0) is 30.7 Å². The third kappa shape index (κ3) is 2.75. The van der Waals surface area contributed by atoms with Gasteiger partial charge in [-0.1, -0.05) is 0 Å². The molecular weight excluding hydrogens is 169 g/mol. The first kappa shape index (κ1) is 9.53. The molecule has 2 nitrogen and oxygen atoms in total. The summed E-state index contributed by atoms with van der Waals surface area (Å²) in [6.45, 7) is 2.02. The second-order valence-electron chi connectivity index (χ2n) is 2.67. The van der Waals surface area contributed by atoms with Crippen molar-refractivity contribution >= 4 is 0 Å². The van der Waals surface area contributed by atoms with Crippen molar-refractivity contribution in [3.05, 3.63) is 29.6 Å². The number of nitriles is 1. The Morgan fingerprint density at radius 3 is 2.92 bits per heavy atom. The molecule has 0 spiro atoms. The second kappa shape index (κ2) is 4.46. The van der Waals surface area contributed by atoms with Crippen molar-refractivity contribution < 1.29 is 9.13 Å². The third-order valence-corrected chi connectivity index (χ3v) is 1.61. The molecule has 0 bridgehead atoms. The average Bonchev–Trinajstić information content (AvgIpc) is 2.12. The SMILES string of the molecule is Cc1cc(OCCC#N)ccc1F. The van der Waals surface area contributed by atoms with E-state index in [4.69, 9.17) is 10.00 Å². The molecule has 0 amide bonds. The fourth-order valence-electron chi connectivity index (χ4n) is 0.921. The summed E-state index contributed by atoms with van der Waals surface area (Å²) < 4.78 is 18.0. The van der Waals surface area contributed by atoms with E-state index in [1.165, 1.54) is 6.07 Å². The summed E-state index contributed by atoms with van der Waals surface area (Å²) in [6, 6.07) is 6.50. The Morgan fingerprint density at radius 1 is 1.54 bits per heavy atom. The quantitative estimate of drug-likeness (QED) is 0.667. The molecule has 0 aliphatic heterocycles. The second-order valence-corrected chi connectivity index (χ2v) is 2.67. The van der Waals surface area contributed by atoms with Gasteiger partial charge in [-0.15, -0.1) is 0 Å². The Balaban J connectivity index is 2.59. The fourth-order valence-corrected chi connectivity index (χ4v) is 0.921. The van der Waals surface area contributed by atoms with Crippen LogP contribution in [0.4, 0.5) is 4.39 Å². The van der Waals surface area contributed by atoms with Crippen molar-refractivity contribution in [1.82, 2.24) is 0 Å². The van der Waals surface area contributed by atoms with Gasteiger partial charge < -0.3 is 4.74 Å². The van der Waals surface area contributed by atoms with Gasteiger partial charge in [-0.3, -0.25) is 0 Å². The lowest BCUT2D eigenvalue weighted by molar-refractivity contribution is 0.326. The molecule has 3 heteroatoms. The lowest BCUT2D eigenvalue weighted by Crippen LogP contribution is -1.96. The molecule has 0 heterocycles. The molecule has 0 fully saturated rings. The Kier molecular flexibility index (Phi) is 3.27. The molecule has 1 rings (SSSR count). The molecule has 1 aromatic carbocycles. The number of nitrogens with zero attached hydrogens (tertiary/aromatic N) is 1. The molecule has 0 saturated heterocycles. The molecule has 0 aliphatic rings. The van der Waals surface area contributed by atoms with Crippen molar-refractivity contribution in [2.45, 2.75) is 13.3 Å². The molecule has 0 radical (unpaired) electrons. The van der Waals surface area contributed by atoms with Crippen LogP contribution < -0.4 is 4.74 Å². The zero-order chi connectivity index (χ0) is 9.68. The van der Waals surface area contributed by atoms with Crippen LogP contribution in [0.5, 0.6) is 5.75 Å². The number of hydrogen-bond donors (Lipinski definition) is 0. The summed E-state index contributed by atoms with van der Waals surface area (Å²) in [4.78, 5) is 0. The molecule has 0 unspecified atom stereocenters. The Labute approximate surface area is 76.6 Å². The first-order valence-electron chi connectivity index (χ1n) is 4.00. The largest absolute Gasteiger partial charge is 0.493 e. The molecule has 1 aromatic rings. The summed E-state index contributed by atoms with van der Waals surface area (Å²) >= 11 is 0. The highest BCUT2D eigenvalue weighted by atomic mass is 19.1. The third-order valence-electron chi connectivity index (χ3n) is 1.61. The van der Waals surface area contributed by atoms with Crippen molar-refractivity contribution in [3.63, 3.8) is 0 Å². The summed E-state index contributed by atoms with van der Waals surface area (Å²) in [6.07, 6.45) is 0.344. The Bertz CT molecular complexity index is 330. The number of halogens is 1. The Hall–Kier alpha value is -1.56. The topological polar surface area (TPSA) is 33.0 Å². The van der Waals surface area contributed by atoms with Crippen molar-refractivity contribution in [2.24, 2.45) is 0 Å². The lowest BCUT2D eigenvalue weighted by Gasteiger charge is -2.04.